The number of carbonyl (C=O) groups excluding carboxylic acids is 3. The summed E-state index contributed by atoms with van der Waals surface area (Å²) < 4.78 is 37.1. The van der Waals surface area contributed by atoms with Gasteiger partial charge in [-0.2, -0.15) is 0 Å². The summed E-state index contributed by atoms with van der Waals surface area (Å²) in [5, 5.41) is 4.34. The van der Waals surface area contributed by atoms with Crippen molar-refractivity contribution in [3.8, 4) is 5.75 Å². The van der Waals surface area contributed by atoms with Crippen LogP contribution in [0, 0.1) is 11.6 Å². The fourth-order valence-corrected chi connectivity index (χ4v) is 2.28. The van der Waals surface area contributed by atoms with Crippen molar-refractivity contribution in [2.24, 2.45) is 0 Å². The Labute approximate surface area is 172 Å². The van der Waals surface area contributed by atoms with Gasteiger partial charge in [0.15, 0.2) is 6.61 Å². The number of amides is 2. The minimum Gasteiger partial charge on any atom is -0.494 e. The molecule has 0 saturated heterocycles. The Balaban J connectivity index is 1.73. The smallest absolute Gasteiger partial charge is 0.325 e. The number of nitrogens with one attached hydrogen (secondary N) is 2. The summed E-state index contributed by atoms with van der Waals surface area (Å²) in [6, 6.07) is 9.51. The Morgan fingerprint density at radius 2 is 1.67 bits per heavy atom. The summed E-state index contributed by atoms with van der Waals surface area (Å²) in [7, 11) is 0. The van der Waals surface area contributed by atoms with Crippen LogP contribution in [0.25, 0.3) is 0 Å². The van der Waals surface area contributed by atoms with E-state index < -0.39 is 48.3 Å². The lowest BCUT2D eigenvalue weighted by Gasteiger charge is -2.09. The number of esters is 1. The first-order valence-corrected chi connectivity index (χ1v) is 9.31. The number of hydrogen-bond donors (Lipinski definition) is 2. The zero-order chi connectivity index (χ0) is 21.9. The van der Waals surface area contributed by atoms with Crippen LogP contribution in [0.15, 0.2) is 42.5 Å². The lowest BCUT2D eigenvalue weighted by molar-refractivity contribution is -0.146. The molecule has 9 heteroatoms. The molecule has 7 nitrogen and oxygen atoms in total. The van der Waals surface area contributed by atoms with E-state index in [9.17, 15) is 23.2 Å². The second-order valence-corrected chi connectivity index (χ2v) is 6.21. The van der Waals surface area contributed by atoms with Crippen LogP contribution in [0.3, 0.4) is 0 Å². The maximum Gasteiger partial charge on any atom is 0.325 e. The minimum atomic E-state index is -0.955. The standard InChI is InChI=1S/C21H22F2N2O5/c1-2-3-11-29-15-9-7-14(8-10-15)21(28)24-12-19(27)30-13-18(26)25-20-16(22)5-4-6-17(20)23/h4-10H,2-3,11-13H2,1H3,(H,24,28)(H,25,26). The molecule has 0 spiro atoms. The highest BCUT2D eigenvalue weighted by molar-refractivity contribution is 5.96. The third kappa shape index (κ3) is 7.16. The molecule has 0 heterocycles. The predicted molar refractivity (Wildman–Crippen MR) is 105 cm³/mol. The van der Waals surface area contributed by atoms with Crippen molar-refractivity contribution >= 4 is 23.5 Å². The van der Waals surface area contributed by atoms with Crippen molar-refractivity contribution in [2.75, 3.05) is 25.1 Å². The monoisotopic (exact) mass is 420 g/mol. The molecule has 2 amide bonds. The molecule has 0 atom stereocenters. The molecule has 0 aliphatic rings. The SMILES string of the molecule is CCCCOc1ccc(C(=O)NCC(=O)OCC(=O)Nc2c(F)cccc2F)cc1. The molecule has 2 aromatic rings. The number of carbonyl (C=O) groups is 3. The molecule has 160 valence electrons. The molecule has 0 radical (unpaired) electrons. The topological polar surface area (TPSA) is 93.7 Å². The van der Waals surface area contributed by atoms with Gasteiger partial charge < -0.3 is 20.1 Å². The number of unbranched alkanes of at least 4 members (excludes halogenated alkanes) is 1. The highest BCUT2D eigenvalue weighted by Crippen LogP contribution is 2.17. The third-order valence-electron chi connectivity index (χ3n) is 3.87. The lowest BCUT2D eigenvalue weighted by Crippen LogP contribution is -2.32. The van der Waals surface area contributed by atoms with Gasteiger partial charge in [0, 0.05) is 5.56 Å². The van der Waals surface area contributed by atoms with Crippen LogP contribution < -0.4 is 15.4 Å². The number of rotatable bonds is 10. The van der Waals surface area contributed by atoms with Crippen LogP contribution in [0.2, 0.25) is 0 Å². The van der Waals surface area contributed by atoms with E-state index >= 15 is 0 Å². The van der Waals surface area contributed by atoms with Gasteiger partial charge in [0.1, 0.15) is 29.6 Å². The summed E-state index contributed by atoms with van der Waals surface area (Å²) in [6.07, 6.45) is 1.94. The molecule has 30 heavy (non-hydrogen) atoms. The Hall–Kier alpha value is -3.49. The zero-order valence-corrected chi connectivity index (χ0v) is 16.4. The molecule has 0 aliphatic heterocycles. The molecule has 2 aromatic carbocycles. The first kappa shape index (κ1) is 22.8. The summed E-state index contributed by atoms with van der Waals surface area (Å²) in [5.74, 6) is -3.58. The van der Waals surface area contributed by atoms with Crippen LogP contribution in [-0.4, -0.2) is 37.5 Å². The van der Waals surface area contributed by atoms with Crippen LogP contribution in [-0.2, 0) is 14.3 Å². The van der Waals surface area contributed by atoms with Gasteiger partial charge in [0.2, 0.25) is 0 Å². The molecule has 2 N–H and O–H groups in total. The van der Waals surface area contributed by atoms with Gasteiger partial charge in [-0.15, -0.1) is 0 Å². The first-order valence-electron chi connectivity index (χ1n) is 9.31. The molecule has 0 saturated carbocycles. The maximum atomic E-state index is 13.5. The van der Waals surface area contributed by atoms with Crippen molar-refractivity contribution in [3.05, 3.63) is 59.7 Å². The summed E-state index contributed by atoms with van der Waals surface area (Å²) >= 11 is 0. The van der Waals surface area contributed by atoms with E-state index in [0.29, 0.717) is 17.9 Å². The Kier molecular flexibility index (Phi) is 8.74. The molecular weight excluding hydrogens is 398 g/mol. The minimum absolute atomic E-state index is 0.318. The fraction of sp³-hybridized carbons (Fsp3) is 0.286. The quantitative estimate of drug-likeness (QED) is 0.455. The summed E-state index contributed by atoms with van der Waals surface area (Å²) in [4.78, 5) is 35.4. The van der Waals surface area contributed by atoms with Gasteiger partial charge in [0.25, 0.3) is 11.8 Å². The molecule has 2 rings (SSSR count). The molecular formula is C21H22F2N2O5. The van der Waals surface area contributed by atoms with Gasteiger partial charge >= 0.3 is 5.97 Å². The second-order valence-electron chi connectivity index (χ2n) is 6.21. The van der Waals surface area contributed by atoms with E-state index in [1.165, 1.54) is 0 Å². The molecule has 0 aliphatic carbocycles. The van der Waals surface area contributed by atoms with E-state index in [-0.39, 0.29) is 0 Å². The van der Waals surface area contributed by atoms with E-state index in [4.69, 9.17) is 4.74 Å². The first-order chi connectivity index (χ1) is 14.4. The van der Waals surface area contributed by atoms with E-state index in [0.717, 1.165) is 31.0 Å². The zero-order valence-electron chi connectivity index (χ0n) is 16.4. The van der Waals surface area contributed by atoms with Crippen LogP contribution in [0.4, 0.5) is 14.5 Å². The Morgan fingerprint density at radius 3 is 2.30 bits per heavy atom. The highest BCUT2D eigenvalue weighted by Gasteiger charge is 2.14. The van der Waals surface area contributed by atoms with Crippen LogP contribution in [0.1, 0.15) is 30.1 Å². The fourth-order valence-electron chi connectivity index (χ4n) is 2.28. The molecule has 0 bridgehead atoms. The number of hydrogen-bond acceptors (Lipinski definition) is 5. The third-order valence-corrected chi connectivity index (χ3v) is 3.87. The van der Waals surface area contributed by atoms with Gasteiger partial charge in [-0.25, -0.2) is 8.78 Å². The largest absolute Gasteiger partial charge is 0.494 e. The lowest BCUT2D eigenvalue weighted by atomic mass is 10.2. The number of para-hydroxylation sites is 1. The average Bonchev–Trinajstić information content (AvgIpc) is 2.74. The number of anilines is 1. The summed E-state index contributed by atoms with van der Waals surface area (Å²) in [6.45, 7) is 1.41. The highest BCUT2D eigenvalue weighted by atomic mass is 19.1. The van der Waals surface area contributed by atoms with Crippen LogP contribution in [0.5, 0.6) is 5.75 Å². The molecule has 0 unspecified atom stereocenters. The predicted octanol–water partition coefficient (Wildman–Crippen LogP) is 3.06. The number of halogens is 2. The van der Waals surface area contributed by atoms with E-state index in [1.807, 2.05) is 5.32 Å². The van der Waals surface area contributed by atoms with E-state index in [1.54, 1.807) is 24.3 Å². The van der Waals surface area contributed by atoms with Crippen molar-refractivity contribution in [2.45, 2.75) is 19.8 Å². The van der Waals surface area contributed by atoms with Crippen LogP contribution >= 0.6 is 0 Å². The van der Waals surface area contributed by atoms with Gasteiger partial charge in [0.05, 0.1) is 6.61 Å². The second kappa shape index (κ2) is 11.5. The Morgan fingerprint density at radius 1 is 1.00 bits per heavy atom. The molecule has 0 aromatic heterocycles. The number of benzene rings is 2. The van der Waals surface area contributed by atoms with Gasteiger partial charge in [-0.3, -0.25) is 14.4 Å². The van der Waals surface area contributed by atoms with E-state index in [2.05, 4.69) is 17.0 Å². The normalized spacial score (nSPS) is 10.2. The van der Waals surface area contributed by atoms with Gasteiger partial charge in [-0.05, 0) is 42.8 Å². The average molecular weight is 420 g/mol. The number of ether oxygens (including phenoxy) is 2. The Bertz CT molecular complexity index is 867. The van der Waals surface area contributed by atoms with Crippen molar-refractivity contribution < 1.29 is 32.6 Å². The maximum absolute atomic E-state index is 13.5. The molecule has 0 fully saturated rings. The van der Waals surface area contributed by atoms with Crippen molar-refractivity contribution in [1.29, 1.82) is 0 Å². The van der Waals surface area contributed by atoms with Gasteiger partial charge in [-0.1, -0.05) is 19.4 Å². The summed E-state index contributed by atoms with van der Waals surface area (Å²) in [5.41, 5.74) is -0.313. The van der Waals surface area contributed by atoms with Crippen molar-refractivity contribution in [3.63, 3.8) is 0 Å². The van der Waals surface area contributed by atoms with Crippen molar-refractivity contribution in [1.82, 2.24) is 5.32 Å².